The fourth-order valence-electron chi connectivity index (χ4n) is 6.54. The number of fused-ring (bicyclic) bond motifs is 2. The van der Waals surface area contributed by atoms with Gasteiger partial charge in [-0.25, -0.2) is 0 Å². The first-order chi connectivity index (χ1) is 17.7. The third-order valence-electron chi connectivity index (χ3n) is 8.37. The number of hydrogen-bond acceptors (Lipinski definition) is 6. The van der Waals surface area contributed by atoms with Gasteiger partial charge in [-0.3, -0.25) is 9.88 Å². The van der Waals surface area contributed by atoms with E-state index in [4.69, 9.17) is 4.74 Å². The van der Waals surface area contributed by atoms with Crippen LogP contribution in [-0.2, 0) is 11.2 Å². The van der Waals surface area contributed by atoms with Crippen molar-refractivity contribution < 1.29 is 4.74 Å². The molecule has 0 amide bonds. The Bertz CT molecular complexity index is 1250. The Morgan fingerprint density at radius 3 is 2.83 bits per heavy atom. The lowest BCUT2D eigenvalue weighted by molar-refractivity contribution is 0.0292. The summed E-state index contributed by atoms with van der Waals surface area (Å²) in [7, 11) is 0. The molecule has 3 saturated heterocycles. The monoisotopic (exact) mass is 481 g/mol. The molecule has 3 aliphatic rings. The second-order valence-electron chi connectivity index (χ2n) is 10.7. The quantitative estimate of drug-likeness (QED) is 0.606. The highest BCUT2D eigenvalue weighted by molar-refractivity contribution is 5.95. The van der Waals surface area contributed by atoms with Gasteiger partial charge in [-0.2, -0.15) is 5.26 Å². The van der Waals surface area contributed by atoms with Crippen LogP contribution in [0.5, 0.6) is 0 Å². The maximum absolute atomic E-state index is 9.55. The smallest absolute Gasteiger partial charge is 0.101 e. The number of piperazine rings is 1. The molecular formula is C30H35N5O. The van der Waals surface area contributed by atoms with E-state index in [1.807, 2.05) is 12.1 Å². The molecule has 1 aromatic heterocycles. The average Bonchev–Trinajstić information content (AvgIpc) is 2.93. The van der Waals surface area contributed by atoms with Gasteiger partial charge in [0.1, 0.15) is 6.07 Å². The van der Waals surface area contributed by atoms with Crippen molar-refractivity contribution in [2.75, 3.05) is 44.2 Å². The largest absolute Gasteiger partial charge is 0.375 e. The molecule has 0 radical (unpaired) electrons. The molecule has 186 valence electrons. The molecule has 0 saturated carbocycles. The summed E-state index contributed by atoms with van der Waals surface area (Å²) in [5.74, 6) is 0.597. The molecule has 6 heteroatoms. The Morgan fingerprint density at radius 1 is 1.14 bits per heavy atom. The Morgan fingerprint density at radius 2 is 2.03 bits per heavy atom. The van der Waals surface area contributed by atoms with Crippen LogP contribution >= 0.6 is 0 Å². The number of pyridine rings is 1. The van der Waals surface area contributed by atoms with Crippen molar-refractivity contribution >= 4 is 16.6 Å². The standard InChI is InChI=1S/C30H35N5O/c1-21-19-34(29-9-8-25(17-31)30-28(29)3-2-11-33-30)20-26-16-24(10-13-35(21)26)23-6-4-22(5-7-23)15-27-18-32-12-14-36-27/h2-9,11,21,24,26-27,32H,10,12-16,18-20H2,1H3/t21?,24-,26?,27?/m0/s1. The zero-order valence-electron chi connectivity index (χ0n) is 21.1. The van der Waals surface area contributed by atoms with Gasteiger partial charge < -0.3 is 15.0 Å². The van der Waals surface area contributed by atoms with Crippen molar-refractivity contribution in [2.24, 2.45) is 0 Å². The minimum absolute atomic E-state index is 0.288. The number of nitriles is 1. The van der Waals surface area contributed by atoms with E-state index >= 15 is 0 Å². The maximum atomic E-state index is 9.55. The lowest BCUT2D eigenvalue weighted by atomic mass is 9.83. The van der Waals surface area contributed by atoms with E-state index in [0.29, 0.717) is 23.6 Å². The van der Waals surface area contributed by atoms with E-state index in [1.54, 1.807) is 6.20 Å². The molecular weight excluding hydrogens is 446 g/mol. The van der Waals surface area contributed by atoms with E-state index in [9.17, 15) is 5.26 Å². The first kappa shape index (κ1) is 23.4. The average molecular weight is 482 g/mol. The van der Waals surface area contributed by atoms with Crippen LogP contribution in [0.2, 0.25) is 0 Å². The van der Waals surface area contributed by atoms with E-state index < -0.39 is 0 Å². The molecule has 3 aromatic rings. The van der Waals surface area contributed by atoms with Crippen LogP contribution in [0.1, 0.15) is 42.4 Å². The number of anilines is 1. The Balaban J connectivity index is 1.18. The minimum atomic E-state index is 0.288. The summed E-state index contributed by atoms with van der Waals surface area (Å²) in [6.45, 7) is 8.26. The van der Waals surface area contributed by atoms with E-state index in [-0.39, 0.29) is 6.10 Å². The summed E-state index contributed by atoms with van der Waals surface area (Å²) in [6.07, 6.45) is 5.45. The van der Waals surface area contributed by atoms with E-state index in [2.05, 4.69) is 69.5 Å². The highest BCUT2D eigenvalue weighted by Crippen LogP contribution is 2.37. The molecule has 2 aromatic carbocycles. The minimum Gasteiger partial charge on any atom is -0.375 e. The number of morpholine rings is 1. The highest BCUT2D eigenvalue weighted by atomic mass is 16.5. The number of nitrogens with zero attached hydrogens (tertiary/aromatic N) is 4. The summed E-state index contributed by atoms with van der Waals surface area (Å²) >= 11 is 0. The molecule has 0 bridgehead atoms. The zero-order valence-corrected chi connectivity index (χ0v) is 21.1. The fourth-order valence-corrected chi connectivity index (χ4v) is 6.54. The lowest BCUT2D eigenvalue weighted by Gasteiger charge is -2.50. The predicted molar refractivity (Wildman–Crippen MR) is 143 cm³/mol. The van der Waals surface area contributed by atoms with Crippen molar-refractivity contribution in [3.8, 4) is 6.07 Å². The first-order valence-corrected chi connectivity index (χ1v) is 13.4. The lowest BCUT2D eigenvalue weighted by Crippen LogP contribution is -2.60. The highest BCUT2D eigenvalue weighted by Gasteiger charge is 2.37. The molecule has 3 fully saturated rings. The molecule has 36 heavy (non-hydrogen) atoms. The van der Waals surface area contributed by atoms with Gasteiger partial charge in [0.15, 0.2) is 0 Å². The van der Waals surface area contributed by atoms with Gasteiger partial charge in [0.25, 0.3) is 0 Å². The fraction of sp³-hybridized carbons (Fsp3) is 0.467. The molecule has 1 N–H and O–H groups in total. The summed E-state index contributed by atoms with van der Waals surface area (Å²) in [5.41, 5.74) is 5.49. The molecule has 0 spiro atoms. The van der Waals surface area contributed by atoms with E-state index in [1.165, 1.54) is 29.7 Å². The third-order valence-corrected chi connectivity index (χ3v) is 8.37. The molecule has 3 unspecified atom stereocenters. The number of benzene rings is 2. The predicted octanol–water partition coefficient (Wildman–Crippen LogP) is 4.09. The van der Waals surface area contributed by atoms with Crippen molar-refractivity contribution in [3.05, 3.63) is 71.4 Å². The van der Waals surface area contributed by atoms with Crippen LogP contribution in [0.3, 0.4) is 0 Å². The van der Waals surface area contributed by atoms with Crippen LogP contribution in [0.15, 0.2) is 54.7 Å². The van der Waals surface area contributed by atoms with Crippen LogP contribution in [0, 0.1) is 11.3 Å². The second-order valence-corrected chi connectivity index (χ2v) is 10.7. The Labute approximate surface area is 213 Å². The van der Waals surface area contributed by atoms with Crippen LogP contribution < -0.4 is 10.2 Å². The number of piperidine rings is 1. The number of nitrogens with one attached hydrogen (secondary N) is 1. The normalized spacial score (nSPS) is 26.9. The van der Waals surface area contributed by atoms with Crippen molar-refractivity contribution in [3.63, 3.8) is 0 Å². The van der Waals surface area contributed by atoms with Gasteiger partial charge in [-0.05, 0) is 74.0 Å². The number of ether oxygens (including phenoxy) is 1. The van der Waals surface area contributed by atoms with Crippen molar-refractivity contribution in [1.82, 2.24) is 15.2 Å². The van der Waals surface area contributed by atoms with Crippen molar-refractivity contribution in [2.45, 2.75) is 50.3 Å². The summed E-state index contributed by atoms with van der Waals surface area (Å²) < 4.78 is 5.89. The first-order valence-electron chi connectivity index (χ1n) is 13.4. The number of aromatic nitrogens is 1. The zero-order chi connectivity index (χ0) is 24.5. The maximum Gasteiger partial charge on any atom is 0.101 e. The Hall–Kier alpha value is -2.98. The van der Waals surface area contributed by atoms with Gasteiger partial charge in [0.2, 0.25) is 0 Å². The third kappa shape index (κ3) is 4.59. The van der Waals surface area contributed by atoms with Gasteiger partial charge in [-0.15, -0.1) is 0 Å². The van der Waals surface area contributed by atoms with Crippen LogP contribution in [0.4, 0.5) is 5.69 Å². The summed E-state index contributed by atoms with van der Waals surface area (Å²) in [5, 5.41) is 14.1. The van der Waals surface area contributed by atoms with Gasteiger partial charge in [-0.1, -0.05) is 24.3 Å². The number of hydrogen-bond donors (Lipinski definition) is 1. The SMILES string of the molecule is CC1CN(c2ccc(C#N)c3ncccc23)CC2C[C@@H](c3ccc(CC4CNCCO4)cc3)CCN12. The topological polar surface area (TPSA) is 64.4 Å². The van der Waals surface area contributed by atoms with Gasteiger partial charge >= 0.3 is 0 Å². The van der Waals surface area contributed by atoms with E-state index in [0.717, 1.165) is 56.7 Å². The van der Waals surface area contributed by atoms with Crippen molar-refractivity contribution in [1.29, 1.82) is 5.26 Å². The molecule has 4 heterocycles. The van der Waals surface area contributed by atoms with Crippen LogP contribution in [-0.4, -0.2) is 67.4 Å². The summed E-state index contributed by atoms with van der Waals surface area (Å²) in [6, 6.07) is 20.8. The molecule has 3 aliphatic heterocycles. The molecule has 0 aliphatic carbocycles. The van der Waals surface area contributed by atoms with Gasteiger partial charge in [0, 0.05) is 55.5 Å². The van der Waals surface area contributed by atoms with Gasteiger partial charge in [0.05, 0.1) is 23.8 Å². The molecule has 4 atom stereocenters. The number of rotatable bonds is 4. The molecule has 6 rings (SSSR count). The molecule has 6 nitrogen and oxygen atoms in total. The summed E-state index contributed by atoms with van der Waals surface area (Å²) in [4.78, 5) is 9.78. The Kier molecular flexibility index (Phi) is 6.62. The second kappa shape index (κ2) is 10.2. The van der Waals surface area contributed by atoms with Crippen LogP contribution in [0.25, 0.3) is 10.9 Å².